The molecule has 0 heterocycles. The Labute approximate surface area is 177 Å². The average Bonchev–Trinajstić information content (AvgIpc) is 2.67. The summed E-state index contributed by atoms with van der Waals surface area (Å²) >= 11 is 6.12. The number of benzene rings is 2. The number of methoxy groups -OCH3 is 1. The molecule has 0 radical (unpaired) electrons. The molecule has 8 heteroatoms. The number of carbonyl (C=O) groups excluding carboxylic acids is 1. The van der Waals surface area contributed by atoms with Crippen molar-refractivity contribution in [1.82, 2.24) is 5.32 Å². The molecule has 0 fully saturated rings. The van der Waals surface area contributed by atoms with Crippen LogP contribution in [0.3, 0.4) is 0 Å². The number of rotatable bonds is 10. The Hall–Kier alpha value is -2.25. The standard InChI is InChI=1S/C21H27ClN2O4S/c1-16-19(22)6-4-7-20(16)24(29(3,26)27)15-5-8-21(25)23-14-13-17-9-11-18(28-2)12-10-17/h4,6-7,9-12H,5,8,13-15H2,1-3H3,(H,23,25). The zero-order valence-corrected chi connectivity index (χ0v) is 18.5. The van der Waals surface area contributed by atoms with Crippen molar-refractivity contribution in [3.63, 3.8) is 0 Å². The summed E-state index contributed by atoms with van der Waals surface area (Å²) in [5.74, 6) is 0.693. The van der Waals surface area contributed by atoms with Crippen molar-refractivity contribution in [1.29, 1.82) is 0 Å². The van der Waals surface area contributed by atoms with Gasteiger partial charge in [0.15, 0.2) is 0 Å². The Morgan fingerprint density at radius 2 is 1.86 bits per heavy atom. The molecule has 1 amide bonds. The van der Waals surface area contributed by atoms with Crippen LogP contribution in [0.15, 0.2) is 42.5 Å². The first-order chi connectivity index (χ1) is 13.7. The van der Waals surface area contributed by atoms with Gasteiger partial charge in [0.2, 0.25) is 15.9 Å². The molecule has 0 aliphatic rings. The lowest BCUT2D eigenvalue weighted by molar-refractivity contribution is -0.121. The number of ether oxygens (including phenoxy) is 1. The highest BCUT2D eigenvalue weighted by Gasteiger charge is 2.20. The van der Waals surface area contributed by atoms with Crippen molar-refractivity contribution < 1.29 is 17.9 Å². The molecule has 0 spiro atoms. The van der Waals surface area contributed by atoms with Crippen LogP contribution in [-0.2, 0) is 21.2 Å². The van der Waals surface area contributed by atoms with Gasteiger partial charge in [-0.15, -0.1) is 0 Å². The van der Waals surface area contributed by atoms with Crippen LogP contribution in [0.4, 0.5) is 5.69 Å². The van der Waals surface area contributed by atoms with Crippen LogP contribution in [0.1, 0.15) is 24.0 Å². The minimum atomic E-state index is -3.48. The Kier molecular flexibility index (Phi) is 8.34. The van der Waals surface area contributed by atoms with E-state index >= 15 is 0 Å². The second kappa shape index (κ2) is 10.5. The highest BCUT2D eigenvalue weighted by atomic mass is 35.5. The minimum absolute atomic E-state index is 0.102. The van der Waals surface area contributed by atoms with Crippen molar-refractivity contribution in [3.05, 3.63) is 58.6 Å². The summed E-state index contributed by atoms with van der Waals surface area (Å²) in [4.78, 5) is 12.1. The molecule has 29 heavy (non-hydrogen) atoms. The number of nitrogens with one attached hydrogen (secondary N) is 1. The van der Waals surface area contributed by atoms with E-state index in [0.717, 1.165) is 17.6 Å². The van der Waals surface area contributed by atoms with E-state index in [-0.39, 0.29) is 18.9 Å². The molecule has 0 bridgehead atoms. The average molecular weight is 439 g/mol. The zero-order valence-electron chi connectivity index (χ0n) is 16.9. The Morgan fingerprint density at radius 3 is 2.48 bits per heavy atom. The summed E-state index contributed by atoms with van der Waals surface area (Å²) in [5, 5.41) is 3.38. The van der Waals surface area contributed by atoms with Gasteiger partial charge in [-0.25, -0.2) is 8.42 Å². The van der Waals surface area contributed by atoms with Crippen molar-refractivity contribution in [3.8, 4) is 5.75 Å². The molecule has 2 aromatic carbocycles. The molecule has 0 saturated carbocycles. The maximum Gasteiger partial charge on any atom is 0.232 e. The van der Waals surface area contributed by atoms with E-state index in [1.165, 1.54) is 4.31 Å². The Bertz CT molecular complexity index is 930. The monoisotopic (exact) mass is 438 g/mol. The molecule has 0 saturated heterocycles. The number of hydrogen-bond acceptors (Lipinski definition) is 4. The predicted octanol–water partition coefficient (Wildman–Crippen LogP) is 3.56. The third kappa shape index (κ3) is 6.94. The second-order valence-electron chi connectivity index (χ2n) is 6.77. The van der Waals surface area contributed by atoms with Gasteiger partial charge < -0.3 is 10.1 Å². The van der Waals surface area contributed by atoms with Gasteiger partial charge in [-0.3, -0.25) is 9.10 Å². The van der Waals surface area contributed by atoms with E-state index in [0.29, 0.717) is 35.7 Å². The molecule has 1 N–H and O–H groups in total. The maximum atomic E-state index is 12.2. The highest BCUT2D eigenvalue weighted by molar-refractivity contribution is 7.92. The fourth-order valence-electron chi connectivity index (χ4n) is 2.94. The van der Waals surface area contributed by atoms with Gasteiger partial charge in [0.05, 0.1) is 19.1 Å². The molecule has 0 atom stereocenters. The van der Waals surface area contributed by atoms with Gasteiger partial charge in [0, 0.05) is 24.5 Å². The highest BCUT2D eigenvalue weighted by Crippen LogP contribution is 2.28. The van der Waals surface area contributed by atoms with Gasteiger partial charge >= 0.3 is 0 Å². The number of carbonyl (C=O) groups is 1. The third-order valence-electron chi connectivity index (χ3n) is 4.57. The molecule has 0 aliphatic heterocycles. The lowest BCUT2D eigenvalue weighted by atomic mass is 10.1. The zero-order chi connectivity index (χ0) is 21.4. The van der Waals surface area contributed by atoms with Crippen LogP contribution in [0.5, 0.6) is 5.75 Å². The molecular weight excluding hydrogens is 412 g/mol. The number of halogens is 1. The van der Waals surface area contributed by atoms with Crippen LogP contribution in [0.2, 0.25) is 5.02 Å². The third-order valence-corrected chi connectivity index (χ3v) is 6.16. The van der Waals surface area contributed by atoms with Crippen molar-refractivity contribution in [2.75, 3.05) is 30.8 Å². The van der Waals surface area contributed by atoms with E-state index in [4.69, 9.17) is 16.3 Å². The smallest absolute Gasteiger partial charge is 0.232 e. The Morgan fingerprint density at radius 1 is 1.17 bits per heavy atom. The van der Waals surface area contributed by atoms with Crippen LogP contribution >= 0.6 is 11.6 Å². The van der Waals surface area contributed by atoms with Crippen molar-refractivity contribution >= 4 is 33.2 Å². The van der Waals surface area contributed by atoms with Gasteiger partial charge in [-0.1, -0.05) is 29.8 Å². The summed E-state index contributed by atoms with van der Waals surface area (Å²) in [6.45, 7) is 2.52. The number of sulfonamides is 1. The number of amides is 1. The lowest BCUT2D eigenvalue weighted by Gasteiger charge is -2.24. The molecule has 158 valence electrons. The SMILES string of the molecule is COc1ccc(CCNC(=O)CCCN(c2cccc(Cl)c2C)S(C)(=O)=O)cc1. The van der Waals surface area contributed by atoms with Gasteiger partial charge in [0.1, 0.15) is 5.75 Å². The molecule has 0 aromatic heterocycles. The maximum absolute atomic E-state index is 12.2. The minimum Gasteiger partial charge on any atom is -0.497 e. The Balaban J connectivity index is 1.84. The van der Waals surface area contributed by atoms with Crippen LogP contribution in [-0.4, -0.2) is 40.8 Å². The summed E-state index contributed by atoms with van der Waals surface area (Å²) in [7, 11) is -1.86. The first-order valence-corrected chi connectivity index (χ1v) is 11.6. The summed E-state index contributed by atoms with van der Waals surface area (Å²) in [6.07, 6.45) is 2.52. The van der Waals surface area contributed by atoms with E-state index < -0.39 is 10.0 Å². The van der Waals surface area contributed by atoms with Crippen LogP contribution in [0.25, 0.3) is 0 Å². The summed E-state index contributed by atoms with van der Waals surface area (Å²) in [6, 6.07) is 12.8. The molecule has 2 rings (SSSR count). The normalized spacial score (nSPS) is 11.2. The topological polar surface area (TPSA) is 75.7 Å². The van der Waals surface area contributed by atoms with Gasteiger partial charge in [-0.05, 0) is 55.2 Å². The fraction of sp³-hybridized carbons (Fsp3) is 0.381. The van der Waals surface area contributed by atoms with E-state index in [1.807, 2.05) is 24.3 Å². The molecule has 2 aromatic rings. The first kappa shape index (κ1) is 23.0. The van der Waals surface area contributed by atoms with E-state index in [1.54, 1.807) is 32.2 Å². The molecule has 6 nitrogen and oxygen atoms in total. The number of nitrogens with zero attached hydrogens (tertiary/aromatic N) is 1. The molecule has 0 aliphatic carbocycles. The van der Waals surface area contributed by atoms with E-state index in [2.05, 4.69) is 5.32 Å². The summed E-state index contributed by atoms with van der Waals surface area (Å²) in [5.41, 5.74) is 2.34. The molecular formula is C21H27ClN2O4S. The van der Waals surface area contributed by atoms with Crippen molar-refractivity contribution in [2.45, 2.75) is 26.2 Å². The quantitative estimate of drug-likeness (QED) is 0.615. The van der Waals surface area contributed by atoms with E-state index in [9.17, 15) is 13.2 Å². The van der Waals surface area contributed by atoms with Crippen molar-refractivity contribution in [2.24, 2.45) is 0 Å². The fourth-order valence-corrected chi connectivity index (χ4v) is 4.13. The number of anilines is 1. The number of hydrogen-bond donors (Lipinski definition) is 1. The summed E-state index contributed by atoms with van der Waals surface area (Å²) < 4.78 is 30.9. The van der Waals surface area contributed by atoms with Gasteiger partial charge in [-0.2, -0.15) is 0 Å². The lowest BCUT2D eigenvalue weighted by Crippen LogP contribution is -2.33. The predicted molar refractivity (Wildman–Crippen MR) is 117 cm³/mol. The molecule has 0 unspecified atom stereocenters. The first-order valence-electron chi connectivity index (χ1n) is 9.35. The van der Waals surface area contributed by atoms with Gasteiger partial charge in [0.25, 0.3) is 0 Å². The second-order valence-corrected chi connectivity index (χ2v) is 9.08. The van der Waals surface area contributed by atoms with Crippen LogP contribution in [0, 0.1) is 6.92 Å². The van der Waals surface area contributed by atoms with Crippen LogP contribution < -0.4 is 14.4 Å². The largest absolute Gasteiger partial charge is 0.497 e.